The van der Waals surface area contributed by atoms with Gasteiger partial charge in [-0.15, -0.1) is 0 Å². The van der Waals surface area contributed by atoms with Gasteiger partial charge in [-0.05, 0) is 30.5 Å². The Labute approximate surface area is 116 Å². The van der Waals surface area contributed by atoms with Gasteiger partial charge in [0.05, 0.1) is 11.6 Å². The number of carboxylic acid groups (broad SMARTS) is 1. The van der Waals surface area contributed by atoms with E-state index < -0.39 is 12.0 Å². The molecule has 6 heteroatoms. The summed E-state index contributed by atoms with van der Waals surface area (Å²) in [4.78, 5) is 24.3. The number of hydrogen-bond acceptors (Lipinski definition) is 3. The van der Waals surface area contributed by atoms with E-state index in [1.54, 1.807) is 24.3 Å². The van der Waals surface area contributed by atoms with Crippen molar-refractivity contribution in [2.24, 2.45) is 0 Å². The molecule has 0 bridgehead atoms. The van der Waals surface area contributed by atoms with Crippen molar-refractivity contribution in [2.75, 3.05) is 6.54 Å². The van der Waals surface area contributed by atoms with Gasteiger partial charge in [-0.3, -0.25) is 0 Å². The number of carboxylic acids is 1. The molecule has 0 aliphatic carbocycles. The van der Waals surface area contributed by atoms with E-state index in [-0.39, 0.29) is 12.6 Å². The van der Waals surface area contributed by atoms with E-state index in [0.29, 0.717) is 24.9 Å². The average Bonchev–Trinajstić information content (AvgIpc) is 2.94. The molecule has 1 aromatic carbocycles. The zero-order valence-corrected chi connectivity index (χ0v) is 10.9. The molecule has 2 rings (SSSR count). The fourth-order valence-electron chi connectivity index (χ4n) is 2.30. The summed E-state index contributed by atoms with van der Waals surface area (Å²) in [6, 6.07) is 7.85. The fraction of sp³-hybridized carbons (Fsp3) is 0.357. The second kappa shape index (κ2) is 6.06. The number of likely N-dealkylation sites (tertiary alicyclic amines) is 1. The van der Waals surface area contributed by atoms with Crippen LogP contribution in [-0.4, -0.2) is 34.6 Å². The van der Waals surface area contributed by atoms with Crippen molar-refractivity contribution in [3.63, 3.8) is 0 Å². The monoisotopic (exact) mass is 273 g/mol. The number of nitriles is 1. The number of amides is 2. The summed E-state index contributed by atoms with van der Waals surface area (Å²) in [6.07, 6.45) is 1.20. The molecule has 0 aromatic heterocycles. The van der Waals surface area contributed by atoms with Crippen LogP contribution in [0.15, 0.2) is 24.3 Å². The van der Waals surface area contributed by atoms with E-state index >= 15 is 0 Å². The summed E-state index contributed by atoms with van der Waals surface area (Å²) in [5.74, 6) is -0.968. The highest BCUT2D eigenvalue weighted by molar-refractivity contribution is 5.83. The molecule has 20 heavy (non-hydrogen) atoms. The van der Waals surface area contributed by atoms with Gasteiger partial charge < -0.3 is 15.3 Å². The van der Waals surface area contributed by atoms with Gasteiger partial charge in [0.2, 0.25) is 0 Å². The van der Waals surface area contributed by atoms with Crippen LogP contribution in [0, 0.1) is 11.3 Å². The lowest BCUT2D eigenvalue weighted by Gasteiger charge is -2.21. The van der Waals surface area contributed by atoms with Crippen LogP contribution in [0.5, 0.6) is 0 Å². The van der Waals surface area contributed by atoms with Crippen molar-refractivity contribution >= 4 is 12.0 Å². The van der Waals surface area contributed by atoms with E-state index in [0.717, 1.165) is 5.56 Å². The first-order valence-corrected chi connectivity index (χ1v) is 6.38. The SMILES string of the molecule is N#Cc1cccc(CNC(=O)N2CCC[C@H]2C(=O)O)c1. The first-order chi connectivity index (χ1) is 9.61. The highest BCUT2D eigenvalue weighted by Crippen LogP contribution is 2.17. The predicted molar refractivity (Wildman–Crippen MR) is 70.8 cm³/mol. The second-order valence-corrected chi connectivity index (χ2v) is 4.66. The molecule has 1 aliphatic heterocycles. The number of rotatable bonds is 3. The van der Waals surface area contributed by atoms with Crippen molar-refractivity contribution < 1.29 is 14.7 Å². The molecule has 1 atom stereocenters. The van der Waals surface area contributed by atoms with E-state index in [1.165, 1.54) is 4.90 Å². The topological polar surface area (TPSA) is 93.4 Å². The zero-order valence-electron chi connectivity index (χ0n) is 10.9. The van der Waals surface area contributed by atoms with Crippen LogP contribution in [0.3, 0.4) is 0 Å². The van der Waals surface area contributed by atoms with E-state index in [4.69, 9.17) is 10.4 Å². The first kappa shape index (κ1) is 13.9. The highest BCUT2D eigenvalue weighted by Gasteiger charge is 2.33. The molecule has 1 fully saturated rings. The number of hydrogen-bond donors (Lipinski definition) is 2. The minimum absolute atomic E-state index is 0.275. The molecule has 1 aromatic rings. The van der Waals surface area contributed by atoms with E-state index in [2.05, 4.69) is 5.32 Å². The molecule has 0 unspecified atom stereocenters. The quantitative estimate of drug-likeness (QED) is 0.868. The largest absolute Gasteiger partial charge is 0.480 e. The number of urea groups is 1. The standard InChI is InChI=1S/C14H15N3O3/c15-8-10-3-1-4-11(7-10)9-16-14(20)17-6-2-5-12(17)13(18)19/h1,3-4,7,12H,2,5-6,9H2,(H,16,20)(H,18,19)/t12-/m0/s1. The fourth-order valence-corrected chi connectivity index (χ4v) is 2.30. The van der Waals surface area contributed by atoms with Crippen LogP contribution in [0.2, 0.25) is 0 Å². The number of benzene rings is 1. The minimum Gasteiger partial charge on any atom is -0.480 e. The predicted octanol–water partition coefficient (Wildman–Crippen LogP) is 1.32. The summed E-state index contributed by atoms with van der Waals surface area (Å²) in [7, 11) is 0. The first-order valence-electron chi connectivity index (χ1n) is 6.38. The van der Waals surface area contributed by atoms with Crippen LogP contribution >= 0.6 is 0 Å². The Balaban J connectivity index is 1.95. The Kier molecular flexibility index (Phi) is 4.20. The molecule has 2 amide bonds. The van der Waals surface area contributed by atoms with Crippen LogP contribution in [0.1, 0.15) is 24.0 Å². The van der Waals surface area contributed by atoms with Crippen molar-refractivity contribution in [1.82, 2.24) is 10.2 Å². The maximum atomic E-state index is 12.0. The Morgan fingerprint density at radius 1 is 1.50 bits per heavy atom. The normalized spacial score (nSPS) is 17.6. The number of nitrogens with one attached hydrogen (secondary N) is 1. The van der Waals surface area contributed by atoms with Crippen LogP contribution < -0.4 is 5.32 Å². The van der Waals surface area contributed by atoms with Gasteiger partial charge in [-0.25, -0.2) is 9.59 Å². The van der Waals surface area contributed by atoms with Crippen molar-refractivity contribution in [2.45, 2.75) is 25.4 Å². The third kappa shape index (κ3) is 3.06. The van der Waals surface area contributed by atoms with Crippen LogP contribution in [0.4, 0.5) is 4.79 Å². The van der Waals surface area contributed by atoms with Gasteiger partial charge in [0, 0.05) is 13.1 Å². The van der Waals surface area contributed by atoms with Gasteiger partial charge in [-0.2, -0.15) is 5.26 Å². The summed E-state index contributed by atoms with van der Waals surface area (Å²) < 4.78 is 0. The van der Waals surface area contributed by atoms with Crippen molar-refractivity contribution in [1.29, 1.82) is 5.26 Å². The molecule has 2 N–H and O–H groups in total. The van der Waals surface area contributed by atoms with Crippen molar-refractivity contribution in [3.05, 3.63) is 35.4 Å². The lowest BCUT2D eigenvalue weighted by Crippen LogP contribution is -2.45. The smallest absolute Gasteiger partial charge is 0.326 e. The number of carbonyl (C=O) groups is 2. The molecule has 1 heterocycles. The van der Waals surface area contributed by atoms with Gasteiger partial charge in [-0.1, -0.05) is 12.1 Å². The van der Waals surface area contributed by atoms with Gasteiger partial charge in [0.25, 0.3) is 0 Å². The molecule has 1 aliphatic rings. The molecule has 0 saturated carbocycles. The maximum absolute atomic E-state index is 12.0. The lowest BCUT2D eigenvalue weighted by molar-refractivity contribution is -0.141. The van der Waals surface area contributed by atoms with Gasteiger partial charge in [0.15, 0.2) is 0 Å². The summed E-state index contributed by atoms with van der Waals surface area (Å²) in [5, 5.41) is 20.5. The van der Waals surface area contributed by atoms with Crippen LogP contribution in [0.25, 0.3) is 0 Å². The average molecular weight is 273 g/mol. The second-order valence-electron chi connectivity index (χ2n) is 4.66. The molecule has 104 valence electrons. The summed E-state index contributed by atoms with van der Waals surface area (Å²) in [5.41, 5.74) is 1.34. The molecule has 1 saturated heterocycles. The van der Waals surface area contributed by atoms with Crippen molar-refractivity contribution in [3.8, 4) is 6.07 Å². The van der Waals surface area contributed by atoms with Gasteiger partial charge in [0.1, 0.15) is 6.04 Å². The van der Waals surface area contributed by atoms with E-state index in [9.17, 15) is 9.59 Å². The third-order valence-electron chi connectivity index (χ3n) is 3.30. The van der Waals surface area contributed by atoms with Crippen LogP contribution in [-0.2, 0) is 11.3 Å². The Bertz CT molecular complexity index is 565. The zero-order chi connectivity index (χ0) is 14.5. The van der Waals surface area contributed by atoms with E-state index in [1.807, 2.05) is 6.07 Å². The highest BCUT2D eigenvalue weighted by atomic mass is 16.4. The number of nitrogens with zero attached hydrogens (tertiary/aromatic N) is 2. The Morgan fingerprint density at radius 2 is 2.30 bits per heavy atom. The molecule has 0 spiro atoms. The number of carbonyl (C=O) groups excluding carboxylic acids is 1. The number of aliphatic carboxylic acids is 1. The maximum Gasteiger partial charge on any atom is 0.326 e. The molecule has 0 radical (unpaired) electrons. The molecule has 6 nitrogen and oxygen atoms in total. The Hall–Kier alpha value is -2.55. The summed E-state index contributed by atoms with van der Waals surface area (Å²) in [6.45, 7) is 0.734. The third-order valence-corrected chi connectivity index (χ3v) is 3.30. The molecular weight excluding hydrogens is 258 g/mol. The molecular formula is C14H15N3O3. The lowest BCUT2D eigenvalue weighted by atomic mass is 10.1. The van der Waals surface area contributed by atoms with Gasteiger partial charge >= 0.3 is 12.0 Å². The minimum atomic E-state index is -0.968. The Morgan fingerprint density at radius 3 is 3.00 bits per heavy atom. The summed E-state index contributed by atoms with van der Waals surface area (Å²) >= 11 is 0.